The van der Waals surface area contributed by atoms with Crippen LogP contribution in [0.25, 0.3) is 10.1 Å². The van der Waals surface area contributed by atoms with Crippen LogP contribution in [-0.2, 0) is 4.74 Å². The number of fused-ring (bicyclic) bond motifs is 1. The molecule has 19 heavy (non-hydrogen) atoms. The van der Waals surface area contributed by atoms with Crippen molar-refractivity contribution in [1.29, 1.82) is 0 Å². The Bertz CT molecular complexity index is 564. The Kier molecular flexibility index (Phi) is 3.29. The highest BCUT2D eigenvalue weighted by Crippen LogP contribution is 2.27. The van der Waals surface area contributed by atoms with Gasteiger partial charge in [-0.05, 0) is 31.4 Å². The van der Waals surface area contributed by atoms with Gasteiger partial charge in [-0.25, -0.2) is 0 Å². The SMILES string of the molecule is C[C@H]1CN(C(=O)c2cc3ccccc3s2)C[C@H](C)O1. The van der Waals surface area contributed by atoms with E-state index in [4.69, 9.17) is 4.74 Å². The van der Waals surface area contributed by atoms with Crippen LogP contribution in [0, 0.1) is 0 Å². The molecule has 0 radical (unpaired) electrons. The zero-order valence-corrected chi connectivity index (χ0v) is 11.9. The molecule has 2 heterocycles. The van der Waals surface area contributed by atoms with Crippen LogP contribution in [0.2, 0.25) is 0 Å². The number of carbonyl (C=O) groups excluding carboxylic acids is 1. The fraction of sp³-hybridized carbons (Fsp3) is 0.400. The maximum Gasteiger partial charge on any atom is 0.264 e. The average molecular weight is 275 g/mol. The molecule has 0 saturated carbocycles. The first-order valence-electron chi connectivity index (χ1n) is 6.57. The second-order valence-corrected chi connectivity index (χ2v) is 6.20. The first kappa shape index (κ1) is 12.6. The van der Waals surface area contributed by atoms with E-state index in [1.54, 1.807) is 11.3 Å². The lowest BCUT2D eigenvalue weighted by Gasteiger charge is -2.35. The lowest BCUT2D eigenvalue weighted by atomic mass is 10.2. The number of thiophene rings is 1. The maximum atomic E-state index is 12.5. The molecule has 100 valence electrons. The third kappa shape index (κ3) is 2.51. The maximum absolute atomic E-state index is 12.5. The Hall–Kier alpha value is -1.39. The Morgan fingerprint density at radius 3 is 2.63 bits per heavy atom. The third-order valence-corrected chi connectivity index (χ3v) is 4.45. The number of hydrogen-bond donors (Lipinski definition) is 0. The molecule has 1 aliphatic rings. The van der Waals surface area contributed by atoms with Crippen molar-refractivity contribution in [3.8, 4) is 0 Å². The van der Waals surface area contributed by atoms with Gasteiger partial charge in [0.05, 0.1) is 17.1 Å². The van der Waals surface area contributed by atoms with Crippen LogP contribution < -0.4 is 0 Å². The minimum atomic E-state index is 0.113. The van der Waals surface area contributed by atoms with Crippen LogP contribution in [0.1, 0.15) is 23.5 Å². The van der Waals surface area contributed by atoms with E-state index in [1.165, 1.54) is 4.70 Å². The minimum absolute atomic E-state index is 0.113. The molecule has 4 heteroatoms. The van der Waals surface area contributed by atoms with Crippen molar-refractivity contribution in [2.24, 2.45) is 0 Å². The molecule has 0 spiro atoms. The van der Waals surface area contributed by atoms with Crippen LogP contribution in [0.4, 0.5) is 0 Å². The molecule has 3 nitrogen and oxygen atoms in total. The molecule has 1 aromatic carbocycles. The fourth-order valence-corrected chi connectivity index (χ4v) is 3.62. The quantitative estimate of drug-likeness (QED) is 0.800. The number of amides is 1. The number of benzene rings is 1. The summed E-state index contributed by atoms with van der Waals surface area (Å²) in [6.45, 7) is 5.39. The van der Waals surface area contributed by atoms with Crippen molar-refractivity contribution in [3.05, 3.63) is 35.2 Å². The highest BCUT2D eigenvalue weighted by Gasteiger charge is 2.27. The van der Waals surface area contributed by atoms with Gasteiger partial charge in [0, 0.05) is 17.8 Å². The predicted octanol–water partition coefficient (Wildman–Crippen LogP) is 3.15. The highest BCUT2D eigenvalue weighted by molar-refractivity contribution is 7.20. The summed E-state index contributed by atoms with van der Waals surface area (Å²) in [4.78, 5) is 15.3. The summed E-state index contributed by atoms with van der Waals surface area (Å²) in [5.41, 5.74) is 0. The molecule has 2 atom stereocenters. The third-order valence-electron chi connectivity index (χ3n) is 3.34. The lowest BCUT2D eigenvalue weighted by Crippen LogP contribution is -2.48. The second kappa shape index (κ2) is 4.94. The fourth-order valence-electron chi connectivity index (χ4n) is 2.59. The van der Waals surface area contributed by atoms with Crippen LogP contribution >= 0.6 is 11.3 Å². The second-order valence-electron chi connectivity index (χ2n) is 5.12. The summed E-state index contributed by atoms with van der Waals surface area (Å²) >= 11 is 1.57. The Morgan fingerprint density at radius 2 is 1.95 bits per heavy atom. The van der Waals surface area contributed by atoms with E-state index in [2.05, 4.69) is 6.07 Å². The summed E-state index contributed by atoms with van der Waals surface area (Å²) in [7, 11) is 0. The Morgan fingerprint density at radius 1 is 1.26 bits per heavy atom. The standard InChI is InChI=1S/C15H17NO2S/c1-10-8-16(9-11(2)18-10)15(17)14-7-12-5-3-4-6-13(12)19-14/h3-7,10-11H,8-9H2,1-2H3/t10-,11-/m0/s1. The minimum Gasteiger partial charge on any atom is -0.372 e. The monoisotopic (exact) mass is 275 g/mol. The number of hydrogen-bond acceptors (Lipinski definition) is 3. The molecule has 1 saturated heterocycles. The van der Waals surface area contributed by atoms with Crippen molar-refractivity contribution in [1.82, 2.24) is 4.90 Å². The van der Waals surface area contributed by atoms with Gasteiger partial charge in [0.15, 0.2) is 0 Å². The van der Waals surface area contributed by atoms with Gasteiger partial charge in [0.1, 0.15) is 0 Å². The van der Waals surface area contributed by atoms with Gasteiger partial charge in [-0.15, -0.1) is 11.3 Å². The first-order valence-corrected chi connectivity index (χ1v) is 7.38. The topological polar surface area (TPSA) is 29.5 Å². The normalized spacial score (nSPS) is 23.8. The molecule has 0 bridgehead atoms. The molecule has 3 rings (SSSR count). The van der Waals surface area contributed by atoms with E-state index in [9.17, 15) is 4.79 Å². The summed E-state index contributed by atoms with van der Waals surface area (Å²) in [6, 6.07) is 10.1. The number of rotatable bonds is 1. The molecule has 1 aromatic heterocycles. The van der Waals surface area contributed by atoms with E-state index in [0.717, 1.165) is 10.3 Å². The molecule has 0 unspecified atom stereocenters. The predicted molar refractivity (Wildman–Crippen MR) is 77.7 cm³/mol. The molecule has 1 aliphatic heterocycles. The van der Waals surface area contributed by atoms with Gasteiger partial charge in [-0.2, -0.15) is 0 Å². The van der Waals surface area contributed by atoms with Crippen molar-refractivity contribution in [3.63, 3.8) is 0 Å². The summed E-state index contributed by atoms with van der Waals surface area (Å²) < 4.78 is 6.84. The summed E-state index contributed by atoms with van der Waals surface area (Å²) in [5, 5.41) is 1.14. The van der Waals surface area contributed by atoms with Gasteiger partial charge >= 0.3 is 0 Å². The molecular weight excluding hydrogens is 258 g/mol. The zero-order valence-electron chi connectivity index (χ0n) is 11.1. The number of nitrogens with zero attached hydrogens (tertiary/aromatic N) is 1. The summed E-state index contributed by atoms with van der Waals surface area (Å²) in [6.07, 6.45) is 0.226. The Balaban J connectivity index is 1.86. The van der Waals surface area contributed by atoms with Gasteiger partial charge in [0.25, 0.3) is 5.91 Å². The lowest BCUT2D eigenvalue weighted by molar-refractivity contribution is -0.0585. The van der Waals surface area contributed by atoms with E-state index in [-0.39, 0.29) is 18.1 Å². The first-order chi connectivity index (χ1) is 9.13. The van der Waals surface area contributed by atoms with Gasteiger partial charge < -0.3 is 9.64 Å². The van der Waals surface area contributed by atoms with Crippen LogP contribution in [0.15, 0.2) is 30.3 Å². The molecular formula is C15H17NO2S. The van der Waals surface area contributed by atoms with Gasteiger partial charge in [0.2, 0.25) is 0 Å². The van der Waals surface area contributed by atoms with Gasteiger partial charge in [-0.1, -0.05) is 18.2 Å². The van der Waals surface area contributed by atoms with Gasteiger partial charge in [-0.3, -0.25) is 4.79 Å². The van der Waals surface area contributed by atoms with E-state index in [1.807, 2.05) is 43.0 Å². The smallest absolute Gasteiger partial charge is 0.264 e. The van der Waals surface area contributed by atoms with Crippen molar-refractivity contribution < 1.29 is 9.53 Å². The number of ether oxygens (including phenoxy) is 1. The van der Waals surface area contributed by atoms with Crippen LogP contribution in [0.3, 0.4) is 0 Å². The van der Waals surface area contributed by atoms with Crippen molar-refractivity contribution >= 4 is 27.3 Å². The van der Waals surface area contributed by atoms with Crippen LogP contribution in [-0.4, -0.2) is 36.1 Å². The number of carbonyl (C=O) groups is 1. The largest absolute Gasteiger partial charge is 0.372 e. The molecule has 1 fully saturated rings. The molecule has 2 aromatic rings. The summed E-state index contributed by atoms with van der Waals surface area (Å²) in [5.74, 6) is 0.128. The molecule has 1 amide bonds. The van der Waals surface area contributed by atoms with Crippen molar-refractivity contribution in [2.75, 3.05) is 13.1 Å². The van der Waals surface area contributed by atoms with E-state index < -0.39 is 0 Å². The number of morpholine rings is 1. The average Bonchev–Trinajstić information content (AvgIpc) is 2.80. The zero-order chi connectivity index (χ0) is 13.4. The Labute approximate surface area is 116 Å². The van der Waals surface area contributed by atoms with Crippen molar-refractivity contribution in [2.45, 2.75) is 26.1 Å². The molecule has 0 aliphatic carbocycles. The highest BCUT2D eigenvalue weighted by atomic mass is 32.1. The molecule has 0 N–H and O–H groups in total. The van der Waals surface area contributed by atoms with E-state index in [0.29, 0.717) is 13.1 Å². The van der Waals surface area contributed by atoms with Crippen LogP contribution in [0.5, 0.6) is 0 Å². The van der Waals surface area contributed by atoms with E-state index >= 15 is 0 Å².